The molecule has 1 fully saturated rings. The highest BCUT2D eigenvalue weighted by atomic mass is 16.2. The first kappa shape index (κ1) is 19.1. The largest absolute Gasteiger partial charge is 0.352 e. The molecule has 1 aromatic carbocycles. The number of anilines is 1. The summed E-state index contributed by atoms with van der Waals surface area (Å²) in [6.07, 6.45) is 5.95. The van der Waals surface area contributed by atoms with E-state index < -0.39 is 0 Å². The summed E-state index contributed by atoms with van der Waals surface area (Å²) in [5, 5.41) is 8.73. The molecule has 0 N–H and O–H groups in total. The number of hydrogen-bond donors (Lipinski definition) is 0. The van der Waals surface area contributed by atoms with Gasteiger partial charge in [-0.15, -0.1) is 10.2 Å². The van der Waals surface area contributed by atoms with Crippen LogP contribution in [0.3, 0.4) is 0 Å². The van der Waals surface area contributed by atoms with Gasteiger partial charge in [0.1, 0.15) is 0 Å². The Kier molecular flexibility index (Phi) is 6.10. The van der Waals surface area contributed by atoms with Crippen molar-refractivity contribution in [2.75, 3.05) is 31.1 Å². The third kappa shape index (κ3) is 4.96. The van der Waals surface area contributed by atoms with Gasteiger partial charge in [-0.2, -0.15) is 0 Å². The summed E-state index contributed by atoms with van der Waals surface area (Å²) >= 11 is 0. The van der Waals surface area contributed by atoms with Crippen LogP contribution in [0.25, 0.3) is 11.3 Å². The third-order valence-corrected chi connectivity index (χ3v) is 5.28. The molecule has 2 aromatic heterocycles. The number of piperazine rings is 1. The Morgan fingerprint density at radius 2 is 1.62 bits per heavy atom. The van der Waals surface area contributed by atoms with Gasteiger partial charge in [0, 0.05) is 50.6 Å². The molecule has 1 saturated heterocycles. The zero-order valence-electron chi connectivity index (χ0n) is 16.4. The van der Waals surface area contributed by atoms with E-state index in [0.717, 1.165) is 56.1 Å². The van der Waals surface area contributed by atoms with Gasteiger partial charge < -0.3 is 9.80 Å². The lowest BCUT2D eigenvalue weighted by atomic mass is 10.1. The average Bonchev–Trinajstić information content (AvgIpc) is 2.80. The first-order valence-electron chi connectivity index (χ1n) is 10.1. The summed E-state index contributed by atoms with van der Waals surface area (Å²) in [4.78, 5) is 20.7. The highest BCUT2D eigenvalue weighted by Crippen LogP contribution is 2.19. The Labute approximate surface area is 171 Å². The van der Waals surface area contributed by atoms with Crippen LogP contribution in [0.2, 0.25) is 0 Å². The van der Waals surface area contributed by atoms with Crippen LogP contribution in [-0.2, 0) is 11.2 Å². The standard InChI is InChI=1S/C23H25N5O/c29-23(8-4-7-19-5-2-1-3-6-19)28-17-15-27(16-18-28)22-10-9-21(25-26-22)20-11-13-24-14-12-20/h1-3,5-6,9-14H,4,7-8,15-18H2. The van der Waals surface area contributed by atoms with E-state index in [1.807, 2.05) is 47.4 Å². The van der Waals surface area contributed by atoms with Crippen LogP contribution in [-0.4, -0.2) is 52.2 Å². The molecule has 0 radical (unpaired) electrons. The summed E-state index contributed by atoms with van der Waals surface area (Å²) in [5.74, 6) is 1.11. The minimum absolute atomic E-state index is 0.250. The van der Waals surface area contributed by atoms with Crippen molar-refractivity contribution in [3.63, 3.8) is 0 Å². The Morgan fingerprint density at radius 3 is 2.31 bits per heavy atom. The van der Waals surface area contributed by atoms with E-state index in [0.29, 0.717) is 6.42 Å². The number of rotatable bonds is 6. The van der Waals surface area contributed by atoms with E-state index in [9.17, 15) is 4.79 Å². The Hall–Kier alpha value is -3.28. The summed E-state index contributed by atoms with van der Waals surface area (Å²) < 4.78 is 0. The molecule has 4 rings (SSSR count). The van der Waals surface area contributed by atoms with E-state index in [1.165, 1.54) is 5.56 Å². The molecule has 1 amide bonds. The Bertz CT molecular complexity index is 907. The summed E-state index contributed by atoms with van der Waals surface area (Å²) in [6, 6.07) is 18.2. The molecule has 3 aromatic rings. The molecule has 29 heavy (non-hydrogen) atoms. The summed E-state index contributed by atoms with van der Waals surface area (Å²) in [6.45, 7) is 3.04. The Morgan fingerprint density at radius 1 is 0.862 bits per heavy atom. The van der Waals surface area contributed by atoms with E-state index in [2.05, 4.69) is 32.2 Å². The minimum Gasteiger partial charge on any atom is -0.352 e. The lowest BCUT2D eigenvalue weighted by Crippen LogP contribution is -2.49. The maximum Gasteiger partial charge on any atom is 0.222 e. The van der Waals surface area contributed by atoms with Crippen molar-refractivity contribution in [2.45, 2.75) is 19.3 Å². The number of carbonyl (C=O) groups excluding carboxylic acids is 1. The van der Waals surface area contributed by atoms with E-state index >= 15 is 0 Å². The highest BCUT2D eigenvalue weighted by Gasteiger charge is 2.21. The normalized spacial score (nSPS) is 14.1. The molecule has 6 nitrogen and oxygen atoms in total. The summed E-state index contributed by atoms with van der Waals surface area (Å²) in [5.41, 5.74) is 3.13. The topological polar surface area (TPSA) is 62.2 Å². The van der Waals surface area contributed by atoms with Gasteiger partial charge in [-0.05, 0) is 42.7 Å². The number of pyridine rings is 1. The lowest BCUT2D eigenvalue weighted by molar-refractivity contribution is -0.131. The number of nitrogens with zero attached hydrogens (tertiary/aromatic N) is 5. The number of benzene rings is 1. The van der Waals surface area contributed by atoms with Gasteiger partial charge in [0.25, 0.3) is 0 Å². The van der Waals surface area contributed by atoms with Gasteiger partial charge in [-0.1, -0.05) is 30.3 Å². The number of aromatic nitrogens is 3. The van der Waals surface area contributed by atoms with Crippen molar-refractivity contribution in [3.05, 3.63) is 72.6 Å². The Balaban J connectivity index is 1.25. The molecule has 0 bridgehead atoms. The molecule has 0 unspecified atom stereocenters. The fraction of sp³-hybridized carbons (Fsp3) is 0.304. The van der Waals surface area contributed by atoms with Crippen molar-refractivity contribution in [3.8, 4) is 11.3 Å². The van der Waals surface area contributed by atoms with Crippen LogP contribution in [0.5, 0.6) is 0 Å². The van der Waals surface area contributed by atoms with Gasteiger partial charge in [0.05, 0.1) is 5.69 Å². The number of hydrogen-bond acceptors (Lipinski definition) is 5. The molecule has 0 saturated carbocycles. The predicted octanol–water partition coefficient (Wildman–Crippen LogP) is 3.21. The van der Waals surface area contributed by atoms with E-state index in [-0.39, 0.29) is 5.91 Å². The number of carbonyl (C=O) groups is 1. The van der Waals surface area contributed by atoms with Crippen molar-refractivity contribution in [2.24, 2.45) is 0 Å². The SMILES string of the molecule is O=C(CCCc1ccccc1)N1CCN(c2ccc(-c3ccncc3)nn2)CC1. The van der Waals surface area contributed by atoms with Crippen LogP contribution < -0.4 is 4.90 Å². The molecule has 3 heterocycles. The maximum atomic E-state index is 12.5. The molecular weight excluding hydrogens is 362 g/mol. The van der Waals surface area contributed by atoms with Gasteiger partial charge >= 0.3 is 0 Å². The molecule has 6 heteroatoms. The number of aryl methyl sites for hydroxylation is 1. The third-order valence-electron chi connectivity index (χ3n) is 5.28. The second-order valence-electron chi connectivity index (χ2n) is 7.22. The lowest BCUT2D eigenvalue weighted by Gasteiger charge is -2.35. The molecule has 148 valence electrons. The van der Waals surface area contributed by atoms with Crippen molar-refractivity contribution in [1.82, 2.24) is 20.1 Å². The van der Waals surface area contributed by atoms with Crippen LogP contribution in [0, 0.1) is 0 Å². The van der Waals surface area contributed by atoms with Crippen LogP contribution in [0.15, 0.2) is 67.0 Å². The van der Waals surface area contributed by atoms with Gasteiger partial charge in [-0.25, -0.2) is 0 Å². The monoisotopic (exact) mass is 387 g/mol. The quantitative estimate of drug-likeness (QED) is 0.650. The molecule has 1 aliphatic rings. The van der Waals surface area contributed by atoms with Gasteiger partial charge in [0.2, 0.25) is 5.91 Å². The number of amides is 1. The smallest absolute Gasteiger partial charge is 0.222 e. The fourth-order valence-electron chi connectivity index (χ4n) is 3.60. The molecule has 0 spiro atoms. The first-order valence-corrected chi connectivity index (χ1v) is 10.1. The molecule has 0 aliphatic carbocycles. The minimum atomic E-state index is 0.250. The van der Waals surface area contributed by atoms with Gasteiger partial charge in [-0.3, -0.25) is 9.78 Å². The zero-order valence-corrected chi connectivity index (χ0v) is 16.4. The van der Waals surface area contributed by atoms with Gasteiger partial charge in [0.15, 0.2) is 5.82 Å². The summed E-state index contributed by atoms with van der Waals surface area (Å²) in [7, 11) is 0. The average molecular weight is 387 g/mol. The molecule has 1 aliphatic heterocycles. The van der Waals surface area contributed by atoms with Crippen molar-refractivity contribution < 1.29 is 4.79 Å². The molecular formula is C23H25N5O. The highest BCUT2D eigenvalue weighted by molar-refractivity contribution is 5.76. The first-order chi connectivity index (χ1) is 14.3. The van der Waals surface area contributed by atoms with Crippen LogP contribution in [0.1, 0.15) is 18.4 Å². The van der Waals surface area contributed by atoms with Crippen molar-refractivity contribution in [1.29, 1.82) is 0 Å². The van der Waals surface area contributed by atoms with Crippen molar-refractivity contribution >= 4 is 11.7 Å². The van der Waals surface area contributed by atoms with Crippen LogP contribution in [0.4, 0.5) is 5.82 Å². The fourth-order valence-corrected chi connectivity index (χ4v) is 3.60. The maximum absolute atomic E-state index is 12.5. The molecule has 0 atom stereocenters. The van der Waals surface area contributed by atoms with Crippen LogP contribution >= 0.6 is 0 Å². The second kappa shape index (κ2) is 9.28. The van der Waals surface area contributed by atoms with E-state index in [4.69, 9.17) is 0 Å². The predicted molar refractivity (Wildman–Crippen MR) is 113 cm³/mol. The second-order valence-corrected chi connectivity index (χ2v) is 7.22. The van der Waals surface area contributed by atoms with E-state index in [1.54, 1.807) is 12.4 Å². The zero-order chi connectivity index (χ0) is 19.9.